The minimum atomic E-state index is -0.814. The van der Waals surface area contributed by atoms with Crippen LogP contribution in [0, 0.1) is 23.0 Å². The van der Waals surface area contributed by atoms with Crippen molar-refractivity contribution >= 4 is 68.5 Å². The van der Waals surface area contributed by atoms with Gasteiger partial charge in [0.2, 0.25) is 0 Å². The Morgan fingerprint density at radius 3 is 2.44 bits per heavy atom. The molecule has 0 bridgehead atoms. The van der Waals surface area contributed by atoms with E-state index in [1.165, 1.54) is 58.0 Å². The summed E-state index contributed by atoms with van der Waals surface area (Å²) in [5, 5.41) is 10.2. The number of nitrogen functional groups attached to an aromatic ring is 2. The summed E-state index contributed by atoms with van der Waals surface area (Å²) in [7, 11) is 1.76. The summed E-state index contributed by atoms with van der Waals surface area (Å²) in [4.78, 5) is 17.6. The fraction of sp³-hybridized carbons (Fsp3) is 0.405. The summed E-state index contributed by atoms with van der Waals surface area (Å²) in [6.45, 7) is 11.9. The summed E-state index contributed by atoms with van der Waals surface area (Å²) >= 11 is 7.79. The minimum Gasteiger partial charge on any atom is -0.489 e. The molecule has 8 rings (SSSR count). The molecule has 0 unspecified atom stereocenters. The Bertz CT molecular complexity index is 2140. The molecule has 0 aliphatic carbocycles. The second kappa shape index (κ2) is 15.9. The number of hydrogen-bond donors (Lipinski definition) is 2. The van der Waals surface area contributed by atoms with Crippen molar-refractivity contribution in [1.29, 1.82) is 5.26 Å². The lowest BCUT2D eigenvalue weighted by Crippen LogP contribution is -2.31. The molecule has 3 aliphatic rings. The molecule has 2 saturated heterocycles. The van der Waals surface area contributed by atoms with Gasteiger partial charge in [-0.05, 0) is 83.4 Å². The SMILES string of the molecule is C1CC2CCCN2C1.COc1nc2c3c(c(Cl)c(-c4ccc(F)c5sc(N)c(C#N)c45)c(F)c3n1)OCCN2[C@H](C)c1cccnc1N.CP(C)C. The first-order valence-electron chi connectivity index (χ1n) is 17.1. The number of pyridine rings is 1. The maximum Gasteiger partial charge on any atom is 0.318 e. The van der Waals surface area contributed by atoms with Gasteiger partial charge < -0.3 is 30.7 Å². The van der Waals surface area contributed by atoms with Crippen molar-refractivity contribution in [3.05, 3.63) is 58.2 Å². The Hall–Kier alpha value is -4.08. The Morgan fingerprint density at radius 1 is 1.10 bits per heavy atom. The zero-order chi connectivity index (χ0) is 37.3. The average molecular weight is 767 g/mol. The maximum atomic E-state index is 16.6. The fourth-order valence-corrected chi connectivity index (χ4v) is 8.42. The van der Waals surface area contributed by atoms with Crippen LogP contribution in [0.4, 0.5) is 25.4 Å². The molecule has 6 heterocycles. The number of rotatable bonds is 4. The maximum absolute atomic E-state index is 16.6. The van der Waals surface area contributed by atoms with Gasteiger partial charge in [0.05, 0.1) is 40.4 Å². The van der Waals surface area contributed by atoms with Crippen LogP contribution < -0.4 is 25.8 Å². The molecule has 2 aromatic carbocycles. The molecule has 0 saturated carbocycles. The highest BCUT2D eigenvalue weighted by Gasteiger charge is 2.33. The van der Waals surface area contributed by atoms with Crippen molar-refractivity contribution in [2.24, 2.45) is 0 Å². The van der Waals surface area contributed by atoms with Crippen molar-refractivity contribution in [3.8, 4) is 29.0 Å². The lowest BCUT2D eigenvalue weighted by Gasteiger charge is -2.30. The van der Waals surface area contributed by atoms with Crippen LogP contribution in [0.15, 0.2) is 30.5 Å². The summed E-state index contributed by atoms with van der Waals surface area (Å²) in [6.07, 6.45) is 7.50. The zero-order valence-corrected chi connectivity index (χ0v) is 32.3. The normalized spacial score (nSPS) is 16.0. The summed E-state index contributed by atoms with van der Waals surface area (Å²) < 4.78 is 43.0. The highest BCUT2D eigenvalue weighted by molar-refractivity contribution is 7.55. The van der Waals surface area contributed by atoms with E-state index in [-0.39, 0.29) is 72.1 Å². The predicted molar refractivity (Wildman–Crippen MR) is 209 cm³/mol. The molecule has 10 nitrogen and oxygen atoms in total. The lowest BCUT2D eigenvalue weighted by molar-refractivity contribution is 0.325. The number of nitriles is 1. The summed E-state index contributed by atoms with van der Waals surface area (Å²) in [5.74, 6) is -0.570. The van der Waals surface area contributed by atoms with Gasteiger partial charge in [-0.3, -0.25) is 0 Å². The first-order valence-corrected chi connectivity index (χ1v) is 21.0. The summed E-state index contributed by atoms with van der Waals surface area (Å²) in [6, 6.07) is 8.77. The van der Waals surface area contributed by atoms with E-state index in [0.717, 1.165) is 22.9 Å². The van der Waals surface area contributed by atoms with E-state index in [1.54, 1.807) is 12.3 Å². The lowest BCUT2D eigenvalue weighted by atomic mass is 9.96. The van der Waals surface area contributed by atoms with E-state index < -0.39 is 11.6 Å². The number of fused-ring (bicyclic) bond motifs is 2. The van der Waals surface area contributed by atoms with Crippen molar-refractivity contribution < 1.29 is 18.3 Å². The van der Waals surface area contributed by atoms with Crippen LogP contribution in [0.2, 0.25) is 5.02 Å². The predicted octanol–water partition coefficient (Wildman–Crippen LogP) is 8.45. The standard InChI is InChI=1S/C27H20ClF2N7O2S.C7H13N.C3H9P/c1-11(12-4-3-7-34-24(12)32)37-8-9-39-22-18-21(35-27(38-2)36-26(18)37)20(30)17(19(22)28)13-5-6-15(29)23-16(13)14(10-31)25(33)40-23;1-3-7-4-2-6-8(7)5-1;1-4(2)3/h3-7,11H,8-9,33H2,1-2H3,(H2,32,34);7H,1-6H2;1-3H3/t11-;;/m1../s1. The van der Waals surface area contributed by atoms with Gasteiger partial charge >= 0.3 is 6.01 Å². The first-order chi connectivity index (χ1) is 25.0. The van der Waals surface area contributed by atoms with E-state index in [9.17, 15) is 9.65 Å². The van der Waals surface area contributed by atoms with Crippen molar-refractivity contribution in [2.45, 2.75) is 44.7 Å². The first kappa shape index (κ1) is 37.7. The Balaban J connectivity index is 0.000000327. The monoisotopic (exact) mass is 766 g/mol. The number of nitrogens with zero attached hydrogens (tertiary/aromatic N) is 6. The fourth-order valence-electron chi connectivity index (χ4n) is 7.14. The molecule has 0 spiro atoms. The number of benzene rings is 2. The van der Waals surface area contributed by atoms with Crippen LogP contribution in [-0.4, -0.2) is 79.2 Å². The van der Waals surface area contributed by atoms with E-state index in [4.69, 9.17) is 32.5 Å². The number of halogens is 3. The van der Waals surface area contributed by atoms with Crippen LogP contribution in [0.25, 0.3) is 32.1 Å². The van der Waals surface area contributed by atoms with Crippen molar-refractivity contribution in [1.82, 2.24) is 19.9 Å². The molecule has 52 heavy (non-hydrogen) atoms. The Kier molecular flexibility index (Phi) is 11.5. The van der Waals surface area contributed by atoms with Crippen LogP contribution >= 0.6 is 30.9 Å². The highest BCUT2D eigenvalue weighted by atomic mass is 35.5. The topological polar surface area (TPSA) is 139 Å². The zero-order valence-electron chi connectivity index (χ0n) is 29.8. The molecule has 5 aromatic rings. The third-order valence-corrected chi connectivity index (χ3v) is 10.8. The number of nitrogens with two attached hydrogens (primary N) is 2. The van der Waals surface area contributed by atoms with Crippen LogP contribution in [0.5, 0.6) is 11.8 Å². The number of aromatic nitrogens is 3. The van der Waals surface area contributed by atoms with E-state index in [1.807, 2.05) is 24.0 Å². The van der Waals surface area contributed by atoms with Gasteiger partial charge in [0.15, 0.2) is 11.6 Å². The van der Waals surface area contributed by atoms with Crippen molar-refractivity contribution in [3.63, 3.8) is 0 Å². The quantitative estimate of drug-likeness (QED) is 0.171. The molecule has 3 aromatic heterocycles. The summed E-state index contributed by atoms with van der Waals surface area (Å²) in [5.41, 5.74) is 12.9. The Morgan fingerprint density at radius 2 is 1.81 bits per heavy atom. The third kappa shape index (κ3) is 7.14. The van der Waals surface area contributed by atoms with E-state index in [2.05, 4.69) is 39.8 Å². The Labute approximate surface area is 312 Å². The molecule has 15 heteroatoms. The van der Waals surface area contributed by atoms with Gasteiger partial charge in [0, 0.05) is 28.8 Å². The molecule has 0 radical (unpaired) electrons. The van der Waals surface area contributed by atoms with Gasteiger partial charge in [0.1, 0.15) is 40.6 Å². The molecule has 1 atom stereocenters. The van der Waals surface area contributed by atoms with Gasteiger partial charge in [-0.1, -0.05) is 23.7 Å². The van der Waals surface area contributed by atoms with Gasteiger partial charge in [-0.2, -0.15) is 15.2 Å². The number of methoxy groups -OCH3 is 1. The molecule has 4 N–H and O–H groups in total. The van der Waals surface area contributed by atoms with Crippen LogP contribution in [-0.2, 0) is 0 Å². The average Bonchev–Trinajstić information content (AvgIpc) is 3.81. The second-order valence-electron chi connectivity index (χ2n) is 13.4. The smallest absolute Gasteiger partial charge is 0.318 e. The number of anilines is 3. The number of ether oxygens (including phenoxy) is 2. The molecule has 2 fully saturated rings. The number of thiophene rings is 1. The van der Waals surface area contributed by atoms with E-state index >= 15 is 4.39 Å². The number of hydrogen-bond acceptors (Lipinski definition) is 11. The van der Waals surface area contributed by atoms with Gasteiger partial charge in [-0.25, -0.2) is 13.8 Å². The van der Waals surface area contributed by atoms with Crippen LogP contribution in [0.3, 0.4) is 0 Å². The molecule has 274 valence electrons. The largest absolute Gasteiger partial charge is 0.489 e. The highest BCUT2D eigenvalue weighted by Crippen LogP contribution is 2.51. The minimum absolute atomic E-state index is 0.0341. The van der Waals surface area contributed by atoms with E-state index in [0.29, 0.717) is 26.1 Å². The molecular formula is C37H42ClF2N8O2PS. The van der Waals surface area contributed by atoms with Crippen molar-refractivity contribution in [2.75, 3.05) is 69.7 Å². The molecule has 3 aliphatic heterocycles. The second-order valence-corrected chi connectivity index (χ2v) is 17.5. The van der Waals surface area contributed by atoms with Crippen LogP contribution in [0.1, 0.15) is 49.8 Å². The third-order valence-electron chi connectivity index (χ3n) is 9.45. The molecular weight excluding hydrogens is 725 g/mol. The molecule has 0 amide bonds. The van der Waals surface area contributed by atoms with Gasteiger partial charge in [-0.15, -0.1) is 19.3 Å². The van der Waals surface area contributed by atoms with Gasteiger partial charge in [0.25, 0.3) is 0 Å².